The zero-order chi connectivity index (χ0) is 10.7. The van der Waals surface area contributed by atoms with E-state index < -0.39 is 0 Å². The number of aliphatic hydroxyl groups excluding tert-OH is 1. The molecule has 3 nitrogen and oxygen atoms in total. The van der Waals surface area contributed by atoms with Crippen LogP contribution in [0.1, 0.15) is 26.7 Å². The fourth-order valence-corrected chi connectivity index (χ4v) is 2.05. The van der Waals surface area contributed by atoms with Crippen LogP contribution in [0, 0.1) is 0 Å². The molecule has 0 bridgehead atoms. The van der Waals surface area contributed by atoms with Crippen LogP contribution in [-0.2, 0) is 0 Å². The molecule has 0 saturated carbocycles. The third kappa shape index (κ3) is 3.23. The average molecular weight is 200 g/mol. The first-order valence-electron chi connectivity index (χ1n) is 5.59. The first kappa shape index (κ1) is 12.0. The van der Waals surface area contributed by atoms with E-state index in [9.17, 15) is 5.11 Å². The Balaban J connectivity index is 2.28. The van der Waals surface area contributed by atoms with Crippen molar-refractivity contribution in [1.82, 2.24) is 9.80 Å². The predicted molar refractivity (Wildman–Crippen MR) is 59.4 cm³/mol. The van der Waals surface area contributed by atoms with E-state index in [0.717, 1.165) is 19.5 Å². The highest BCUT2D eigenvalue weighted by molar-refractivity contribution is 4.85. The van der Waals surface area contributed by atoms with Crippen molar-refractivity contribution in [3.05, 3.63) is 0 Å². The first-order chi connectivity index (χ1) is 6.50. The van der Waals surface area contributed by atoms with Crippen LogP contribution in [0.15, 0.2) is 0 Å². The maximum absolute atomic E-state index is 9.21. The van der Waals surface area contributed by atoms with Crippen LogP contribution in [0.25, 0.3) is 0 Å². The summed E-state index contributed by atoms with van der Waals surface area (Å²) in [4.78, 5) is 4.79. The van der Waals surface area contributed by atoms with Crippen LogP contribution in [-0.4, -0.2) is 60.3 Å². The van der Waals surface area contributed by atoms with Crippen LogP contribution < -0.4 is 0 Å². The summed E-state index contributed by atoms with van der Waals surface area (Å²) in [7, 11) is 4.35. The Morgan fingerprint density at radius 2 is 2.21 bits per heavy atom. The summed E-state index contributed by atoms with van der Waals surface area (Å²) in [6.45, 7) is 6.31. The van der Waals surface area contributed by atoms with Gasteiger partial charge in [0.25, 0.3) is 0 Å². The summed E-state index contributed by atoms with van der Waals surface area (Å²) in [6, 6.07) is 1.38. The third-order valence-corrected chi connectivity index (χ3v) is 3.39. The van der Waals surface area contributed by atoms with Gasteiger partial charge in [-0.3, -0.25) is 0 Å². The molecule has 0 spiro atoms. The van der Waals surface area contributed by atoms with E-state index in [1.165, 1.54) is 6.42 Å². The molecule has 0 aromatic carbocycles. The molecule has 0 aliphatic carbocycles. The fourth-order valence-electron chi connectivity index (χ4n) is 2.05. The fraction of sp³-hybridized carbons (Fsp3) is 1.00. The second-order valence-corrected chi connectivity index (χ2v) is 4.80. The number of aliphatic hydroxyl groups is 1. The number of likely N-dealkylation sites (N-methyl/N-ethyl adjacent to an activating group) is 2. The smallest absolute Gasteiger partial charge is 0.0524 e. The van der Waals surface area contributed by atoms with Crippen molar-refractivity contribution in [2.24, 2.45) is 0 Å². The molecule has 3 heteroatoms. The lowest BCUT2D eigenvalue weighted by Gasteiger charge is -2.24. The van der Waals surface area contributed by atoms with Gasteiger partial charge in [0.05, 0.1) is 6.10 Å². The Labute approximate surface area is 87.7 Å². The van der Waals surface area contributed by atoms with Crippen molar-refractivity contribution in [2.45, 2.75) is 44.9 Å². The van der Waals surface area contributed by atoms with Crippen molar-refractivity contribution in [2.75, 3.05) is 27.2 Å². The van der Waals surface area contributed by atoms with Crippen molar-refractivity contribution in [1.29, 1.82) is 0 Å². The molecule has 3 atom stereocenters. The van der Waals surface area contributed by atoms with Gasteiger partial charge < -0.3 is 14.9 Å². The summed E-state index contributed by atoms with van der Waals surface area (Å²) in [5.74, 6) is 0. The summed E-state index contributed by atoms with van der Waals surface area (Å²) < 4.78 is 0. The summed E-state index contributed by atoms with van der Waals surface area (Å²) in [5, 5.41) is 9.21. The van der Waals surface area contributed by atoms with Crippen molar-refractivity contribution in [3.63, 3.8) is 0 Å². The van der Waals surface area contributed by atoms with Crippen LogP contribution in [0.2, 0.25) is 0 Å². The molecule has 1 aliphatic rings. The Kier molecular flexibility index (Phi) is 4.35. The highest BCUT2D eigenvalue weighted by Crippen LogP contribution is 2.19. The molecule has 14 heavy (non-hydrogen) atoms. The van der Waals surface area contributed by atoms with Gasteiger partial charge in [-0.15, -0.1) is 0 Å². The van der Waals surface area contributed by atoms with E-state index in [4.69, 9.17) is 0 Å². The third-order valence-electron chi connectivity index (χ3n) is 3.39. The lowest BCUT2D eigenvalue weighted by Crippen LogP contribution is -2.35. The van der Waals surface area contributed by atoms with E-state index in [1.807, 2.05) is 6.92 Å². The molecule has 3 unspecified atom stereocenters. The summed E-state index contributed by atoms with van der Waals surface area (Å²) in [5.41, 5.74) is 0. The molecule has 0 aromatic heterocycles. The number of nitrogens with zero attached hydrogens (tertiary/aromatic N) is 2. The number of hydrogen-bond acceptors (Lipinski definition) is 3. The Morgan fingerprint density at radius 3 is 2.64 bits per heavy atom. The number of rotatable bonds is 4. The average Bonchev–Trinajstić information content (AvgIpc) is 2.43. The quantitative estimate of drug-likeness (QED) is 0.726. The van der Waals surface area contributed by atoms with Gasteiger partial charge in [-0.25, -0.2) is 0 Å². The molecule has 1 aliphatic heterocycles. The number of likely N-dealkylation sites (tertiary alicyclic amines) is 1. The molecule has 1 fully saturated rings. The molecule has 1 saturated heterocycles. The minimum Gasteiger partial charge on any atom is -0.393 e. The van der Waals surface area contributed by atoms with E-state index in [-0.39, 0.29) is 6.10 Å². The molecule has 0 radical (unpaired) electrons. The second kappa shape index (κ2) is 5.10. The highest BCUT2D eigenvalue weighted by Gasteiger charge is 2.28. The Morgan fingerprint density at radius 1 is 1.57 bits per heavy atom. The molecule has 1 heterocycles. The van der Waals surface area contributed by atoms with E-state index in [1.54, 1.807) is 0 Å². The van der Waals surface area contributed by atoms with Crippen LogP contribution >= 0.6 is 0 Å². The first-order valence-corrected chi connectivity index (χ1v) is 5.59. The zero-order valence-electron chi connectivity index (χ0n) is 9.90. The van der Waals surface area contributed by atoms with Gasteiger partial charge in [-0.05, 0) is 40.8 Å². The minimum atomic E-state index is -0.172. The normalized spacial score (nSPS) is 31.3. The molecular formula is C11H24N2O. The minimum absolute atomic E-state index is 0.172. The van der Waals surface area contributed by atoms with E-state index >= 15 is 0 Å². The van der Waals surface area contributed by atoms with Gasteiger partial charge >= 0.3 is 0 Å². The molecule has 0 amide bonds. The van der Waals surface area contributed by atoms with Crippen molar-refractivity contribution >= 4 is 0 Å². The van der Waals surface area contributed by atoms with Gasteiger partial charge in [0.2, 0.25) is 0 Å². The van der Waals surface area contributed by atoms with Crippen LogP contribution in [0.3, 0.4) is 0 Å². The Bertz CT molecular complexity index is 163. The SMILES string of the molecule is CC(O)CCN(C)C1CC(C)N(C)C1. The summed E-state index contributed by atoms with van der Waals surface area (Å²) in [6.07, 6.45) is 1.96. The lowest BCUT2D eigenvalue weighted by atomic mass is 10.1. The number of hydrogen-bond donors (Lipinski definition) is 1. The maximum Gasteiger partial charge on any atom is 0.0524 e. The van der Waals surface area contributed by atoms with Gasteiger partial charge in [0.1, 0.15) is 0 Å². The van der Waals surface area contributed by atoms with E-state index in [0.29, 0.717) is 12.1 Å². The maximum atomic E-state index is 9.21. The van der Waals surface area contributed by atoms with Gasteiger partial charge in [-0.1, -0.05) is 0 Å². The second-order valence-electron chi connectivity index (χ2n) is 4.80. The molecule has 84 valence electrons. The van der Waals surface area contributed by atoms with Gasteiger partial charge in [0.15, 0.2) is 0 Å². The zero-order valence-corrected chi connectivity index (χ0v) is 9.90. The molecule has 1 rings (SSSR count). The Hall–Kier alpha value is -0.120. The molecule has 1 N–H and O–H groups in total. The van der Waals surface area contributed by atoms with Crippen molar-refractivity contribution in [3.8, 4) is 0 Å². The summed E-state index contributed by atoms with van der Waals surface area (Å²) >= 11 is 0. The molecule has 0 aromatic rings. The van der Waals surface area contributed by atoms with Crippen molar-refractivity contribution < 1.29 is 5.11 Å². The van der Waals surface area contributed by atoms with Gasteiger partial charge in [0, 0.05) is 25.2 Å². The largest absolute Gasteiger partial charge is 0.393 e. The van der Waals surface area contributed by atoms with Crippen LogP contribution in [0.4, 0.5) is 0 Å². The monoisotopic (exact) mass is 200 g/mol. The lowest BCUT2D eigenvalue weighted by molar-refractivity contribution is 0.150. The van der Waals surface area contributed by atoms with Gasteiger partial charge in [-0.2, -0.15) is 0 Å². The van der Waals surface area contributed by atoms with E-state index in [2.05, 4.69) is 30.8 Å². The predicted octanol–water partition coefficient (Wildman–Crippen LogP) is 0.782. The van der Waals surface area contributed by atoms with Crippen LogP contribution in [0.5, 0.6) is 0 Å². The molecular weight excluding hydrogens is 176 g/mol. The standard InChI is InChI=1S/C11H24N2O/c1-9-7-11(8-13(9)4)12(3)6-5-10(2)14/h9-11,14H,5-8H2,1-4H3. The topological polar surface area (TPSA) is 26.7 Å². The highest BCUT2D eigenvalue weighted by atomic mass is 16.3.